The van der Waals surface area contributed by atoms with Crippen molar-refractivity contribution in [2.24, 2.45) is 22.7 Å². The highest BCUT2D eigenvalue weighted by Crippen LogP contribution is 2.30. The summed E-state index contributed by atoms with van der Waals surface area (Å²) in [5.41, 5.74) is 11.5. The molecule has 0 aromatic heterocycles. The van der Waals surface area contributed by atoms with Gasteiger partial charge in [-0.15, -0.1) is 0 Å². The first kappa shape index (κ1) is 69.8. The standard InChI is InChI=1S/C36H47N3O5.C36H46N2O5/c1-7-44-31(34(41)39-43)30(20-14-15-26-21-22-29(24(2)23-26)28-18-12-9-13-19-28)33(40)38-32(36(4,5)6)35(42)37-25(3)27-16-10-8-11-17-27;1-7-43-31(35(41)42)30(20-14-15-26-21-22-29(24(2)23-26)28-18-12-9-13-19-28)33(39)38-32(36(4,5)6)34(40)37-25(3)27-16-10-8-11-17-27/h8-13,16-19,21-23,25,30-32,43H,7,14-15,20H2,1-6H3,(H,37,42)(H,38,40)(H,39,41);8-13,16-19,21-23,25,30-32H,7,14-15,20H2,1-6H3,(H,37,40)(H,38,39)(H,41,42)/t25?,30-,31?,32-;25-,30-,31+,32-/m11/s1. The van der Waals surface area contributed by atoms with E-state index in [0.29, 0.717) is 38.5 Å². The van der Waals surface area contributed by atoms with Crippen molar-refractivity contribution in [2.45, 2.75) is 158 Å². The quantitative estimate of drug-likeness (QED) is 0.0182. The largest absolute Gasteiger partial charge is 0.479 e. The Kier molecular flexibility index (Phi) is 27.1. The number of amides is 5. The van der Waals surface area contributed by atoms with E-state index in [-0.39, 0.29) is 37.1 Å². The molecule has 0 fully saturated rings. The minimum atomic E-state index is -1.32. The molecule has 0 heterocycles. The van der Waals surface area contributed by atoms with Gasteiger partial charge in [-0.2, -0.15) is 0 Å². The van der Waals surface area contributed by atoms with Crippen LogP contribution >= 0.6 is 0 Å². The fourth-order valence-electron chi connectivity index (χ4n) is 10.8. The van der Waals surface area contributed by atoms with E-state index in [9.17, 15) is 39.1 Å². The first-order chi connectivity index (χ1) is 41.4. The molecule has 0 saturated carbocycles. The van der Waals surface area contributed by atoms with Crippen LogP contribution in [0.25, 0.3) is 22.3 Å². The number of nitrogens with one attached hydrogen (secondary N) is 5. The molecule has 0 aliphatic rings. The zero-order valence-electron chi connectivity index (χ0n) is 52.9. The van der Waals surface area contributed by atoms with E-state index in [1.165, 1.54) is 0 Å². The minimum absolute atomic E-state index is 0.151. The Balaban J connectivity index is 0.000000317. The van der Waals surface area contributed by atoms with E-state index in [1.807, 2.05) is 152 Å². The van der Waals surface area contributed by atoms with Gasteiger partial charge in [0.1, 0.15) is 18.2 Å². The number of rotatable bonds is 28. The fourth-order valence-corrected chi connectivity index (χ4v) is 10.8. The SMILES string of the molecule is CCOC(C(=O)NO)[C@@H](CCCc1ccc(-c2ccccc2)c(C)c1)C(=O)N[C@H](C(=O)NC(C)c1ccccc1)C(C)(C)C.CCO[C@H](C(=O)O)[C@@H](CCCc1ccc(-c2ccccc2)c(C)c1)C(=O)N[C@H](C(=O)N[C@H](C)c1ccccc1)C(C)(C)C. The molecule has 0 bridgehead atoms. The van der Waals surface area contributed by atoms with Crippen LogP contribution in [0.2, 0.25) is 0 Å². The first-order valence-corrected chi connectivity index (χ1v) is 30.4. The molecule has 6 aromatic carbocycles. The van der Waals surface area contributed by atoms with Crippen LogP contribution < -0.4 is 26.7 Å². The fraction of sp³-hybridized carbons (Fsp3) is 0.417. The summed E-state index contributed by atoms with van der Waals surface area (Å²) in [6.45, 7) is 22.9. The molecule has 6 aromatic rings. The molecule has 5 amide bonds. The van der Waals surface area contributed by atoms with Gasteiger partial charge in [-0.1, -0.05) is 199 Å². The number of carbonyl (C=O) groups is 6. The van der Waals surface area contributed by atoms with Gasteiger partial charge in [-0.3, -0.25) is 29.2 Å². The normalized spacial score (nSPS) is 14.2. The Morgan fingerprint density at radius 3 is 1.13 bits per heavy atom. The molecule has 15 nitrogen and oxygen atoms in total. The summed E-state index contributed by atoms with van der Waals surface area (Å²) in [6, 6.07) is 49.9. The number of carbonyl (C=O) groups excluding carboxylic acids is 5. The first-order valence-electron chi connectivity index (χ1n) is 30.4. The highest BCUT2D eigenvalue weighted by molar-refractivity contribution is 5.93. The topological polar surface area (TPSA) is 221 Å². The molecule has 0 spiro atoms. The predicted molar refractivity (Wildman–Crippen MR) is 343 cm³/mol. The van der Waals surface area contributed by atoms with Gasteiger partial charge in [0.2, 0.25) is 23.6 Å². The summed E-state index contributed by atoms with van der Waals surface area (Å²) in [6.07, 6.45) is 0.577. The van der Waals surface area contributed by atoms with Crippen molar-refractivity contribution >= 4 is 35.5 Å². The van der Waals surface area contributed by atoms with Gasteiger partial charge in [-0.25, -0.2) is 10.3 Å². The molecule has 0 aliphatic carbocycles. The summed E-state index contributed by atoms with van der Waals surface area (Å²) in [5, 5.41) is 31.3. The van der Waals surface area contributed by atoms with Crippen LogP contribution in [-0.2, 0) is 51.1 Å². The lowest BCUT2D eigenvalue weighted by Gasteiger charge is -2.34. The molecule has 0 aliphatic heterocycles. The zero-order valence-corrected chi connectivity index (χ0v) is 52.9. The molecular weight excluding hydrogens is 1090 g/mol. The smallest absolute Gasteiger partial charge is 0.333 e. The van der Waals surface area contributed by atoms with Crippen LogP contribution in [0.15, 0.2) is 158 Å². The predicted octanol–water partition coefficient (Wildman–Crippen LogP) is 12.4. The van der Waals surface area contributed by atoms with Crippen LogP contribution in [0.5, 0.6) is 0 Å². The third-order valence-electron chi connectivity index (χ3n) is 15.6. The highest BCUT2D eigenvalue weighted by atomic mass is 16.5. The Morgan fingerprint density at radius 2 is 0.805 bits per heavy atom. The van der Waals surface area contributed by atoms with E-state index in [2.05, 4.69) is 95.8 Å². The highest BCUT2D eigenvalue weighted by Gasteiger charge is 2.41. The van der Waals surface area contributed by atoms with Crippen molar-refractivity contribution in [3.05, 3.63) is 191 Å². The number of aryl methyl sites for hydroxylation is 4. The summed E-state index contributed by atoms with van der Waals surface area (Å²) in [5.74, 6) is -5.53. The van der Waals surface area contributed by atoms with Gasteiger partial charge < -0.3 is 35.8 Å². The van der Waals surface area contributed by atoms with E-state index in [1.54, 1.807) is 19.3 Å². The summed E-state index contributed by atoms with van der Waals surface area (Å²) < 4.78 is 11.2. The monoisotopic (exact) mass is 1190 g/mol. The molecule has 87 heavy (non-hydrogen) atoms. The van der Waals surface area contributed by atoms with E-state index < -0.39 is 70.6 Å². The number of ether oxygens (including phenoxy) is 2. The second-order valence-corrected chi connectivity index (χ2v) is 24.5. The average Bonchev–Trinajstić information content (AvgIpc) is 2.35. The van der Waals surface area contributed by atoms with Crippen molar-refractivity contribution in [1.29, 1.82) is 0 Å². The molecular formula is C72H93N5O10. The van der Waals surface area contributed by atoms with Crippen molar-refractivity contribution in [1.82, 2.24) is 26.7 Å². The van der Waals surface area contributed by atoms with Crippen LogP contribution in [0.4, 0.5) is 0 Å². The van der Waals surface area contributed by atoms with E-state index in [4.69, 9.17) is 9.47 Å². The lowest BCUT2D eigenvalue weighted by atomic mass is 9.84. The summed E-state index contributed by atoms with van der Waals surface area (Å²) >= 11 is 0. The maximum absolute atomic E-state index is 13.9. The number of hydroxylamine groups is 1. The third-order valence-corrected chi connectivity index (χ3v) is 15.6. The zero-order chi connectivity index (χ0) is 63.8. The maximum atomic E-state index is 13.9. The number of hydrogen-bond acceptors (Lipinski definition) is 9. The number of carboxylic acids is 1. The number of benzene rings is 6. The van der Waals surface area contributed by atoms with Gasteiger partial charge in [0.25, 0.3) is 5.91 Å². The number of hydrogen-bond donors (Lipinski definition) is 7. The van der Waals surface area contributed by atoms with Crippen LogP contribution in [0.3, 0.4) is 0 Å². The van der Waals surface area contributed by atoms with Crippen molar-refractivity contribution in [2.75, 3.05) is 13.2 Å². The lowest BCUT2D eigenvalue weighted by Crippen LogP contribution is -2.57. The van der Waals surface area contributed by atoms with Crippen molar-refractivity contribution < 1.29 is 48.6 Å². The summed E-state index contributed by atoms with van der Waals surface area (Å²) in [7, 11) is 0. The molecule has 15 heteroatoms. The third kappa shape index (κ3) is 21.1. The molecule has 8 atom stereocenters. The van der Waals surface area contributed by atoms with Crippen LogP contribution in [0, 0.1) is 36.5 Å². The van der Waals surface area contributed by atoms with Gasteiger partial charge in [0, 0.05) is 13.2 Å². The Hall–Kier alpha value is -7.98. The Bertz CT molecular complexity index is 3150. The lowest BCUT2D eigenvalue weighted by molar-refractivity contribution is -0.158. The molecule has 6 rings (SSSR count). The molecule has 2 unspecified atom stereocenters. The van der Waals surface area contributed by atoms with Crippen molar-refractivity contribution in [3.63, 3.8) is 0 Å². The van der Waals surface area contributed by atoms with Crippen LogP contribution in [-0.4, -0.2) is 83.3 Å². The molecule has 466 valence electrons. The van der Waals surface area contributed by atoms with Gasteiger partial charge in [0.05, 0.1) is 23.9 Å². The Morgan fingerprint density at radius 1 is 0.460 bits per heavy atom. The van der Waals surface area contributed by atoms with Gasteiger partial charge >= 0.3 is 5.97 Å². The Labute approximate surface area is 515 Å². The average molecular weight is 1190 g/mol. The summed E-state index contributed by atoms with van der Waals surface area (Å²) in [4.78, 5) is 79.4. The van der Waals surface area contributed by atoms with Crippen LogP contribution in [0.1, 0.15) is 140 Å². The minimum Gasteiger partial charge on any atom is -0.479 e. The molecule has 0 saturated heterocycles. The van der Waals surface area contributed by atoms with E-state index in [0.717, 1.165) is 55.6 Å². The van der Waals surface area contributed by atoms with Crippen molar-refractivity contribution in [3.8, 4) is 22.3 Å². The number of aliphatic carboxylic acids is 1. The van der Waals surface area contributed by atoms with E-state index >= 15 is 0 Å². The number of carboxylic acid groups (broad SMARTS) is 1. The van der Waals surface area contributed by atoms with Gasteiger partial charge in [-0.05, 0) is 147 Å². The molecule has 0 radical (unpaired) electrons. The van der Waals surface area contributed by atoms with Gasteiger partial charge in [0.15, 0.2) is 6.10 Å². The maximum Gasteiger partial charge on any atom is 0.333 e. The second kappa shape index (κ2) is 33.8. The molecule has 7 N–H and O–H groups in total. The second-order valence-electron chi connectivity index (χ2n) is 24.5.